The van der Waals surface area contributed by atoms with E-state index in [4.69, 9.17) is 5.11 Å². The molecule has 2 atom stereocenters. The van der Waals surface area contributed by atoms with Crippen molar-refractivity contribution in [1.82, 2.24) is 5.32 Å². The molecule has 2 unspecified atom stereocenters. The molecule has 5 heteroatoms. The van der Waals surface area contributed by atoms with Crippen LogP contribution in [0.15, 0.2) is 18.2 Å². The van der Waals surface area contributed by atoms with Gasteiger partial charge in [-0.15, -0.1) is 0 Å². The lowest BCUT2D eigenvalue weighted by molar-refractivity contribution is 0.0298. The zero-order chi connectivity index (χ0) is 11.0. The number of benzene rings is 1. The molecule has 0 fully saturated rings. The minimum absolute atomic E-state index is 0.131. The largest absolute Gasteiger partial charge is 0.478 e. The standard InChI is InChI=1S/C10H11NO4/c12-8-4-5-1-2-6(10(14)15)3-7(5)9(13)11-8/h1-3,8-9,11-13H,4H2,(H,14,15). The fourth-order valence-electron chi connectivity index (χ4n) is 1.71. The molecule has 1 heterocycles. The van der Waals surface area contributed by atoms with Gasteiger partial charge >= 0.3 is 5.97 Å². The van der Waals surface area contributed by atoms with Crippen molar-refractivity contribution in [1.29, 1.82) is 0 Å². The van der Waals surface area contributed by atoms with Gasteiger partial charge in [-0.1, -0.05) is 6.07 Å². The first-order chi connectivity index (χ1) is 7.08. The molecule has 15 heavy (non-hydrogen) atoms. The predicted molar refractivity (Wildman–Crippen MR) is 51.2 cm³/mol. The van der Waals surface area contributed by atoms with Crippen molar-refractivity contribution in [2.45, 2.75) is 18.9 Å². The maximum absolute atomic E-state index is 10.7. The molecule has 0 bridgehead atoms. The van der Waals surface area contributed by atoms with E-state index in [1.54, 1.807) is 6.07 Å². The van der Waals surface area contributed by atoms with E-state index in [1.165, 1.54) is 12.1 Å². The van der Waals surface area contributed by atoms with Crippen LogP contribution in [-0.4, -0.2) is 27.5 Å². The highest BCUT2D eigenvalue weighted by atomic mass is 16.4. The molecule has 0 aliphatic carbocycles. The normalized spacial score (nSPS) is 24.7. The summed E-state index contributed by atoms with van der Waals surface area (Å²) >= 11 is 0. The summed E-state index contributed by atoms with van der Waals surface area (Å²) in [4.78, 5) is 10.7. The van der Waals surface area contributed by atoms with E-state index in [0.717, 1.165) is 5.56 Å². The maximum Gasteiger partial charge on any atom is 0.335 e. The van der Waals surface area contributed by atoms with Crippen LogP contribution in [-0.2, 0) is 6.42 Å². The second-order valence-corrected chi connectivity index (χ2v) is 3.51. The summed E-state index contributed by atoms with van der Waals surface area (Å²) in [7, 11) is 0. The summed E-state index contributed by atoms with van der Waals surface area (Å²) in [5.74, 6) is -1.03. The lowest BCUT2D eigenvalue weighted by atomic mass is 9.96. The quantitative estimate of drug-likeness (QED) is 0.516. The van der Waals surface area contributed by atoms with Gasteiger partial charge in [0, 0.05) is 6.42 Å². The van der Waals surface area contributed by atoms with E-state index in [1.807, 2.05) is 0 Å². The Morgan fingerprint density at radius 3 is 2.80 bits per heavy atom. The van der Waals surface area contributed by atoms with Gasteiger partial charge in [0.15, 0.2) is 0 Å². The first-order valence-corrected chi connectivity index (χ1v) is 4.56. The summed E-state index contributed by atoms with van der Waals surface area (Å²) in [6.07, 6.45) is -1.43. The Labute approximate surface area is 86.0 Å². The van der Waals surface area contributed by atoms with Crippen LogP contribution in [0.25, 0.3) is 0 Å². The molecular formula is C10H11NO4. The van der Waals surface area contributed by atoms with Crippen molar-refractivity contribution in [3.63, 3.8) is 0 Å². The summed E-state index contributed by atoms with van der Waals surface area (Å²) in [5.41, 5.74) is 1.41. The van der Waals surface area contributed by atoms with Gasteiger partial charge in [-0.05, 0) is 23.3 Å². The number of carbonyl (C=O) groups is 1. The van der Waals surface area contributed by atoms with Gasteiger partial charge < -0.3 is 15.3 Å². The van der Waals surface area contributed by atoms with Crippen LogP contribution in [0.2, 0.25) is 0 Å². The molecular weight excluding hydrogens is 198 g/mol. The number of carboxylic acid groups (broad SMARTS) is 1. The van der Waals surface area contributed by atoms with Gasteiger partial charge in [0.25, 0.3) is 0 Å². The predicted octanol–water partition coefficient (Wildman–Crippen LogP) is -0.160. The zero-order valence-electron chi connectivity index (χ0n) is 7.84. The second-order valence-electron chi connectivity index (χ2n) is 3.51. The number of aliphatic hydroxyl groups excluding tert-OH is 2. The van der Waals surface area contributed by atoms with E-state index >= 15 is 0 Å². The third kappa shape index (κ3) is 1.85. The van der Waals surface area contributed by atoms with E-state index < -0.39 is 18.4 Å². The second kappa shape index (κ2) is 3.62. The Hall–Kier alpha value is -1.43. The van der Waals surface area contributed by atoms with Crippen molar-refractivity contribution in [2.24, 2.45) is 0 Å². The highest BCUT2D eigenvalue weighted by Gasteiger charge is 2.23. The van der Waals surface area contributed by atoms with Crippen LogP contribution < -0.4 is 5.32 Å². The molecule has 0 radical (unpaired) electrons. The number of aliphatic hydroxyl groups is 2. The number of hydrogen-bond acceptors (Lipinski definition) is 4. The molecule has 4 N–H and O–H groups in total. The molecule has 1 aromatic rings. The van der Waals surface area contributed by atoms with Crippen LogP contribution in [0, 0.1) is 0 Å². The van der Waals surface area contributed by atoms with Gasteiger partial charge in [-0.3, -0.25) is 5.32 Å². The Morgan fingerprint density at radius 1 is 1.40 bits per heavy atom. The van der Waals surface area contributed by atoms with Crippen molar-refractivity contribution in [3.05, 3.63) is 34.9 Å². The highest BCUT2D eigenvalue weighted by molar-refractivity contribution is 5.88. The first kappa shape index (κ1) is 10.1. The number of hydrogen-bond donors (Lipinski definition) is 4. The number of rotatable bonds is 1. The molecule has 1 aliphatic rings. The van der Waals surface area contributed by atoms with Crippen LogP contribution in [0.3, 0.4) is 0 Å². The van der Waals surface area contributed by atoms with Crippen molar-refractivity contribution in [2.75, 3.05) is 0 Å². The van der Waals surface area contributed by atoms with Crippen molar-refractivity contribution in [3.8, 4) is 0 Å². The molecule has 0 saturated heterocycles. The topological polar surface area (TPSA) is 89.8 Å². The minimum atomic E-state index is -1.03. The van der Waals surface area contributed by atoms with E-state index in [0.29, 0.717) is 12.0 Å². The third-order valence-electron chi connectivity index (χ3n) is 2.45. The van der Waals surface area contributed by atoms with Crippen LogP contribution in [0.4, 0.5) is 0 Å². The molecule has 0 spiro atoms. The third-order valence-corrected chi connectivity index (χ3v) is 2.45. The van der Waals surface area contributed by atoms with Gasteiger partial charge in [0.1, 0.15) is 12.5 Å². The Balaban J connectivity index is 2.43. The molecule has 80 valence electrons. The maximum atomic E-state index is 10.7. The number of carboxylic acids is 1. The fraction of sp³-hybridized carbons (Fsp3) is 0.300. The van der Waals surface area contributed by atoms with E-state index in [9.17, 15) is 15.0 Å². The number of nitrogens with one attached hydrogen (secondary N) is 1. The van der Waals surface area contributed by atoms with Gasteiger partial charge in [0.05, 0.1) is 5.56 Å². The Morgan fingerprint density at radius 2 is 2.13 bits per heavy atom. The molecule has 0 saturated carbocycles. The fourth-order valence-corrected chi connectivity index (χ4v) is 1.71. The molecule has 2 rings (SSSR count). The first-order valence-electron chi connectivity index (χ1n) is 4.56. The number of fused-ring (bicyclic) bond motifs is 1. The monoisotopic (exact) mass is 209 g/mol. The SMILES string of the molecule is O=C(O)c1ccc2c(c1)C(O)NC(O)C2. The van der Waals surface area contributed by atoms with E-state index in [2.05, 4.69) is 5.32 Å². The lowest BCUT2D eigenvalue weighted by Gasteiger charge is -2.27. The van der Waals surface area contributed by atoms with Gasteiger partial charge in [-0.2, -0.15) is 0 Å². The summed E-state index contributed by atoms with van der Waals surface area (Å²) in [6, 6.07) is 4.50. The Bertz CT molecular complexity index is 404. The zero-order valence-corrected chi connectivity index (χ0v) is 7.84. The van der Waals surface area contributed by atoms with Crippen molar-refractivity contribution < 1.29 is 20.1 Å². The molecule has 0 amide bonds. The average Bonchev–Trinajstić information content (AvgIpc) is 2.16. The molecule has 1 aliphatic heterocycles. The lowest BCUT2D eigenvalue weighted by Crippen LogP contribution is -2.39. The van der Waals surface area contributed by atoms with E-state index in [-0.39, 0.29) is 5.56 Å². The summed E-state index contributed by atoms with van der Waals surface area (Å²) in [6.45, 7) is 0. The highest BCUT2D eigenvalue weighted by Crippen LogP contribution is 2.24. The summed E-state index contributed by atoms with van der Waals surface area (Å²) in [5, 5.41) is 30.2. The van der Waals surface area contributed by atoms with Crippen molar-refractivity contribution >= 4 is 5.97 Å². The van der Waals surface area contributed by atoms with Crippen LogP contribution in [0.5, 0.6) is 0 Å². The molecule has 0 aromatic heterocycles. The average molecular weight is 209 g/mol. The summed E-state index contributed by atoms with van der Waals surface area (Å²) < 4.78 is 0. The van der Waals surface area contributed by atoms with Gasteiger partial charge in [0.2, 0.25) is 0 Å². The Kier molecular flexibility index (Phi) is 2.44. The number of aromatic carboxylic acids is 1. The van der Waals surface area contributed by atoms with Gasteiger partial charge in [-0.25, -0.2) is 4.79 Å². The molecule has 5 nitrogen and oxygen atoms in total. The van der Waals surface area contributed by atoms with Crippen LogP contribution >= 0.6 is 0 Å². The minimum Gasteiger partial charge on any atom is -0.478 e. The smallest absolute Gasteiger partial charge is 0.335 e. The van der Waals surface area contributed by atoms with Crippen LogP contribution in [0.1, 0.15) is 27.7 Å². The molecule has 1 aromatic carbocycles.